The SMILES string of the molecule is CCn1nnc2c(=O)n(Cc3cccc([N+](=O)[O-])c3)cnc21. The van der Waals surface area contributed by atoms with Crippen LogP contribution in [-0.4, -0.2) is 29.5 Å². The van der Waals surface area contributed by atoms with Crippen molar-refractivity contribution < 1.29 is 4.92 Å². The molecular formula is C13H12N6O3. The maximum atomic E-state index is 12.4. The molecule has 0 atom stereocenters. The summed E-state index contributed by atoms with van der Waals surface area (Å²) in [5.74, 6) is 0. The Labute approximate surface area is 124 Å². The van der Waals surface area contributed by atoms with E-state index >= 15 is 0 Å². The van der Waals surface area contributed by atoms with Crippen LogP contribution in [0.25, 0.3) is 11.2 Å². The minimum Gasteiger partial charge on any atom is -0.293 e. The van der Waals surface area contributed by atoms with Gasteiger partial charge in [0.05, 0.1) is 11.5 Å². The predicted octanol–water partition coefficient (Wildman–Crippen LogP) is 0.964. The highest BCUT2D eigenvalue weighted by molar-refractivity contribution is 5.67. The molecule has 3 rings (SSSR count). The fourth-order valence-corrected chi connectivity index (χ4v) is 2.18. The van der Waals surface area contributed by atoms with Crippen LogP contribution in [0.5, 0.6) is 0 Å². The molecule has 0 aliphatic rings. The van der Waals surface area contributed by atoms with Crippen LogP contribution in [0, 0.1) is 10.1 Å². The molecule has 9 nitrogen and oxygen atoms in total. The number of hydrogen-bond donors (Lipinski definition) is 0. The summed E-state index contributed by atoms with van der Waals surface area (Å²) in [5, 5.41) is 18.5. The second-order valence-corrected chi connectivity index (χ2v) is 4.68. The first-order valence-corrected chi connectivity index (χ1v) is 6.62. The number of benzene rings is 1. The molecule has 0 unspecified atom stereocenters. The molecule has 0 amide bonds. The number of fused-ring (bicyclic) bond motifs is 1. The Morgan fingerprint density at radius 3 is 2.91 bits per heavy atom. The molecule has 22 heavy (non-hydrogen) atoms. The number of non-ortho nitro benzene ring substituents is 1. The van der Waals surface area contributed by atoms with Gasteiger partial charge in [-0.1, -0.05) is 17.3 Å². The molecule has 0 N–H and O–H groups in total. The van der Waals surface area contributed by atoms with E-state index in [-0.39, 0.29) is 23.3 Å². The highest BCUT2D eigenvalue weighted by atomic mass is 16.6. The summed E-state index contributed by atoms with van der Waals surface area (Å²) in [6.45, 7) is 2.63. The minimum atomic E-state index is -0.472. The van der Waals surface area contributed by atoms with Crippen LogP contribution >= 0.6 is 0 Å². The smallest absolute Gasteiger partial charge is 0.283 e. The Hall–Kier alpha value is -3.10. The maximum absolute atomic E-state index is 12.4. The number of hydrogen-bond acceptors (Lipinski definition) is 6. The fraction of sp³-hybridized carbons (Fsp3) is 0.231. The minimum absolute atomic E-state index is 0.0171. The topological polar surface area (TPSA) is 109 Å². The lowest BCUT2D eigenvalue weighted by atomic mass is 10.2. The van der Waals surface area contributed by atoms with E-state index in [1.54, 1.807) is 12.1 Å². The number of nitro benzene ring substituents is 1. The summed E-state index contributed by atoms with van der Waals surface area (Å²) in [7, 11) is 0. The lowest BCUT2D eigenvalue weighted by Gasteiger charge is -2.05. The number of nitrogens with zero attached hydrogens (tertiary/aromatic N) is 6. The summed E-state index contributed by atoms with van der Waals surface area (Å²) < 4.78 is 2.89. The molecule has 0 fully saturated rings. The van der Waals surface area contributed by atoms with Gasteiger partial charge < -0.3 is 0 Å². The first-order valence-electron chi connectivity index (χ1n) is 6.62. The molecule has 1 aromatic carbocycles. The van der Waals surface area contributed by atoms with Crippen molar-refractivity contribution in [3.8, 4) is 0 Å². The van der Waals surface area contributed by atoms with Crippen LogP contribution in [-0.2, 0) is 13.1 Å². The molecule has 0 aliphatic carbocycles. The monoisotopic (exact) mass is 300 g/mol. The molecule has 2 aromatic heterocycles. The van der Waals surface area contributed by atoms with Crippen LogP contribution < -0.4 is 5.56 Å². The van der Waals surface area contributed by atoms with E-state index in [9.17, 15) is 14.9 Å². The molecule has 0 bridgehead atoms. The van der Waals surface area contributed by atoms with Crippen LogP contribution in [0.3, 0.4) is 0 Å². The van der Waals surface area contributed by atoms with Gasteiger partial charge in [0.15, 0.2) is 11.2 Å². The van der Waals surface area contributed by atoms with Crippen molar-refractivity contribution >= 4 is 16.9 Å². The van der Waals surface area contributed by atoms with E-state index in [4.69, 9.17) is 0 Å². The maximum Gasteiger partial charge on any atom is 0.283 e. The molecular weight excluding hydrogens is 288 g/mol. The van der Waals surface area contributed by atoms with Crippen LogP contribution in [0.2, 0.25) is 0 Å². The Morgan fingerprint density at radius 2 is 2.18 bits per heavy atom. The molecule has 0 saturated heterocycles. The Kier molecular flexibility index (Phi) is 3.37. The summed E-state index contributed by atoms with van der Waals surface area (Å²) in [6, 6.07) is 6.13. The van der Waals surface area contributed by atoms with Gasteiger partial charge in [0.25, 0.3) is 11.2 Å². The van der Waals surface area contributed by atoms with Crippen molar-refractivity contribution in [1.29, 1.82) is 0 Å². The summed E-state index contributed by atoms with van der Waals surface area (Å²) in [6.07, 6.45) is 1.40. The van der Waals surface area contributed by atoms with E-state index < -0.39 is 4.92 Å². The second-order valence-electron chi connectivity index (χ2n) is 4.68. The zero-order valence-electron chi connectivity index (χ0n) is 11.7. The molecule has 112 valence electrons. The lowest BCUT2D eigenvalue weighted by Crippen LogP contribution is -2.21. The Balaban J connectivity index is 2.01. The van der Waals surface area contributed by atoms with E-state index in [1.165, 1.54) is 27.7 Å². The zero-order valence-corrected chi connectivity index (χ0v) is 11.7. The van der Waals surface area contributed by atoms with Gasteiger partial charge in [-0.25, -0.2) is 9.67 Å². The first-order chi connectivity index (χ1) is 10.6. The molecule has 0 aliphatic heterocycles. The van der Waals surface area contributed by atoms with Crippen molar-refractivity contribution in [3.05, 3.63) is 56.6 Å². The molecule has 3 aromatic rings. The zero-order chi connectivity index (χ0) is 15.7. The van der Waals surface area contributed by atoms with Gasteiger partial charge in [0.1, 0.15) is 6.33 Å². The molecule has 0 radical (unpaired) electrons. The van der Waals surface area contributed by atoms with Gasteiger partial charge in [0.2, 0.25) is 0 Å². The second kappa shape index (κ2) is 5.35. The van der Waals surface area contributed by atoms with Gasteiger partial charge >= 0.3 is 0 Å². The molecule has 0 spiro atoms. The highest BCUT2D eigenvalue weighted by Crippen LogP contribution is 2.13. The quantitative estimate of drug-likeness (QED) is 0.524. The van der Waals surface area contributed by atoms with Gasteiger partial charge in [-0.2, -0.15) is 0 Å². The van der Waals surface area contributed by atoms with Crippen molar-refractivity contribution in [2.24, 2.45) is 0 Å². The Morgan fingerprint density at radius 1 is 1.36 bits per heavy atom. The molecule has 0 saturated carbocycles. The summed E-state index contributed by atoms with van der Waals surface area (Å²) >= 11 is 0. The van der Waals surface area contributed by atoms with E-state index in [2.05, 4.69) is 15.3 Å². The number of aryl methyl sites for hydroxylation is 1. The van der Waals surface area contributed by atoms with Crippen molar-refractivity contribution in [1.82, 2.24) is 24.5 Å². The predicted molar refractivity (Wildman–Crippen MR) is 77.5 cm³/mol. The van der Waals surface area contributed by atoms with E-state index in [0.717, 1.165) is 0 Å². The highest BCUT2D eigenvalue weighted by Gasteiger charge is 2.12. The molecule has 9 heteroatoms. The van der Waals surface area contributed by atoms with Crippen molar-refractivity contribution in [3.63, 3.8) is 0 Å². The van der Waals surface area contributed by atoms with Gasteiger partial charge in [-0.3, -0.25) is 19.5 Å². The van der Waals surface area contributed by atoms with Crippen molar-refractivity contribution in [2.45, 2.75) is 20.0 Å². The van der Waals surface area contributed by atoms with Gasteiger partial charge in [-0.05, 0) is 12.5 Å². The van der Waals surface area contributed by atoms with E-state index in [1.807, 2.05) is 6.92 Å². The average molecular weight is 300 g/mol. The average Bonchev–Trinajstić information content (AvgIpc) is 2.94. The third-order valence-electron chi connectivity index (χ3n) is 3.27. The lowest BCUT2D eigenvalue weighted by molar-refractivity contribution is -0.384. The van der Waals surface area contributed by atoms with E-state index in [0.29, 0.717) is 17.8 Å². The standard InChI is InChI=1S/C13H12N6O3/c1-2-18-12-11(15-16-18)13(20)17(8-14-12)7-9-4-3-5-10(6-9)19(21)22/h3-6,8H,2,7H2,1H3. The van der Waals surface area contributed by atoms with Crippen LogP contribution in [0.4, 0.5) is 5.69 Å². The summed E-state index contributed by atoms with van der Waals surface area (Å²) in [4.78, 5) is 26.9. The third-order valence-corrected chi connectivity index (χ3v) is 3.27. The number of rotatable bonds is 4. The third kappa shape index (κ3) is 2.32. The van der Waals surface area contributed by atoms with Crippen LogP contribution in [0.1, 0.15) is 12.5 Å². The van der Waals surface area contributed by atoms with Gasteiger partial charge in [-0.15, -0.1) is 5.10 Å². The van der Waals surface area contributed by atoms with Crippen LogP contribution in [0.15, 0.2) is 35.4 Å². The number of nitro groups is 1. The van der Waals surface area contributed by atoms with Crippen molar-refractivity contribution in [2.75, 3.05) is 0 Å². The number of aromatic nitrogens is 5. The van der Waals surface area contributed by atoms with Gasteiger partial charge in [0, 0.05) is 18.7 Å². The molecule has 2 heterocycles. The Bertz CT molecular complexity index is 914. The first kappa shape index (κ1) is 13.9. The largest absolute Gasteiger partial charge is 0.293 e. The fourth-order valence-electron chi connectivity index (χ4n) is 2.18. The summed E-state index contributed by atoms with van der Waals surface area (Å²) in [5.41, 5.74) is 0.922. The normalized spacial score (nSPS) is 11.0.